The molecule has 1 aromatic heterocycles. The van der Waals surface area contributed by atoms with E-state index < -0.39 is 17.8 Å². The van der Waals surface area contributed by atoms with Crippen molar-refractivity contribution in [2.45, 2.75) is 20.8 Å². The predicted octanol–water partition coefficient (Wildman–Crippen LogP) is 2.20. The normalized spacial score (nSPS) is 11.6. The molecule has 108 valence electrons. The summed E-state index contributed by atoms with van der Waals surface area (Å²) < 4.78 is 4.63. The summed E-state index contributed by atoms with van der Waals surface area (Å²) in [6.45, 7) is 4.50. The number of amides is 1. The molecule has 0 aliphatic heterocycles. The maximum Gasteiger partial charge on any atom is 0.350 e. The number of anilines is 1. The molecule has 0 spiro atoms. The Kier molecular flexibility index (Phi) is 5.04. The number of carboxylic acid groups (broad SMARTS) is 1. The number of ether oxygens (including phenoxy) is 1. The highest BCUT2D eigenvalue weighted by Gasteiger charge is 2.20. The lowest BCUT2D eigenvalue weighted by Gasteiger charge is -2.08. The number of carbonyl (C=O) groups is 3. The van der Waals surface area contributed by atoms with E-state index in [0.29, 0.717) is 11.3 Å². The number of hydrogen-bond donors (Lipinski definition) is 2. The number of methoxy groups -OCH3 is 1. The van der Waals surface area contributed by atoms with Gasteiger partial charge in [0.25, 0.3) is 5.91 Å². The van der Waals surface area contributed by atoms with Crippen LogP contribution in [0, 0.1) is 6.92 Å². The molecule has 1 amide bonds. The van der Waals surface area contributed by atoms with Crippen LogP contribution in [-0.4, -0.2) is 30.1 Å². The zero-order chi connectivity index (χ0) is 15.4. The van der Waals surface area contributed by atoms with Gasteiger partial charge in [-0.05, 0) is 31.7 Å². The van der Waals surface area contributed by atoms with E-state index in [-0.39, 0.29) is 16.0 Å². The highest BCUT2D eigenvalue weighted by Crippen LogP contribution is 2.28. The van der Waals surface area contributed by atoms with Crippen LogP contribution in [-0.2, 0) is 14.3 Å². The number of carbonyl (C=O) groups excluding carboxylic acids is 2. The average Bonchev–Trinajstić information content (AvgIpc) is 2.77. The van der Waals surface area contributed by atoms with Crippen molar-refractivity contribution < 1.29 is 24.2 Å². The predicted molar refractivity (Wildman–Crippen MR) is 75.0 cm³/mol. The zero-order valence-corrected chi connectivity index (χ0v) is 12.4. The van der Waals surface area contributed by atoms with Gasteiger partial charge >= 0.3 is 11.9 Å². The van der Waals surface area contributed by atoms with Crippen LogP contribution < -0.4 is 5.32 Å². The molecule has 0 saturated carbocycles. The second kappa shape index (κ2) is 6.33. The van der Waals surface area contributed by atoms with Gasteiger partial charge in [0, 0.05) is 11.1 Å². The zero-order valence-electron chi connectivity index (χ0n) is 11.6. The van der Waals surface area contributed by atoms with E-state index in [2.05, 4.69) is 10.1 Å². The number of thiophene rings is 1. The van der Waals surface area contributed by atoms with Gasteiger partial charge in [0.2, 0.25) is 0 Å². The first-order valence-corrected chi connectivity index (χ1v) is 6.56. The van der Waals surface area contributed by atoms with Crippen molar-refractivity contribution in [1.82, 2.24) is 0 Å². The largest absolute Gasteiger partial charge is 0.478 e. The highest BCUT2D eigenvalue weighted by molar-refractivity contribution is 7.12. The molecular weight excluding hydrogens is 282 g/mol. The molecule has 0 atom stereocenters. The third-order valence-electron chi connectivity index (χ3n) is 2.81. The van der Waals surface area contributed by atoms with E-state index in [1.807, 2.05) is 0 Å². The number of esters is 1. The van der Waals surface area contributed by atoms with Crippen molar-refractivity contribution in [2.24, 2.45) is 0 Å². The fourth-order valence-electron chi connectivity index (χ4n) is 1.38. The molecule has 0 bridgehead atoms. The number of hydrogen-bond acceptors (Lipinski definition) is 5. The Labute approximate surface area is 120 Å². The number of nitrogens with one attached hydrogen (secondary N) is 1. The summed E-state index contributed by atoms with van der Waals surface area (Å²) >= 11 is 1.16. The highest BCUT2D eigenvalue weighted by atomic mass is 32.1. The summed E-state index contributed by atoms with van der Waals surface area (Å²) in [5.74, 6) is -2.26. The SMILES string of the molecule is COC(=O)c1scc(C)c1NC(=O)/C(C)=C(/C)C(=O)O. The standard InChI is InChI=1S/C13H15NO5S/c1-6-5-20-10(13(18)19-4)9(6)14-11(15)7(2)8(3)12(16)17/h5H,1-4H3,(H,14,15)(H,16,17)/b8-7-. The summed E-state index contributed by atoms with van der Waals surface area (Å²) in [7, 11) is 1.25. The molecular formula is C13H15NO5S. The molecule has 0 radical (unpaired) electrons. The Hall–Kier alpha value is -2.15. The first-order valence-electron chi connectivity index (χ1n) is 5.68. The molecule has 0 aliphatic rings. The Morgan fingerprint density at radius 1 is 1.25 bits per heavy atom. The monoisotopic (exact) mass is 297 g/mol. The summed E-state index contributed by atoms with van der Waals surface area (Å²) in [5.41, 5.74) is 1.10. The third kappa shape index (κ3) is 3.24. The van der Waals surface area contributed by atoms with Gasteiger partial charge in [0.05, 0.1) is 12.8 Å². The number of aryl methyl sites for hydroxylation is 1. The van der Waals surface area contributed by atoms with Gasteiger partial charge in [-0.15, -0.1) is 11.3 Å². The van der Waals surface area contributed by atoms with Crippen LogP contribution in [0.25, 0.3) is 0 Å². The van der Waals surface area contributed by atoms with Crippen molar-refractivity contribution in [3.63, 3.8) is 0 Å². The topological polar surface area (TPSA) is 92.7 Å². The Morgan fingerprint density at radius 2 is 1.85 bits per heavy atom. The van der Waals surface area contributed by atoms with Gasteiger partial charge in [0.15, 0.2) is 0 Å². The van der Waals surface area contributed by atoms with Crippen LogP contribution in [0.1, 0.15) is 29.1 Å². The van der Waals surface area contributed by atoms with Gasteiger partial charge in [-0.1, -0.05) is 0 Å². The fourth-order valence-corrected chi connectivity index (χ4v) is 2.30. The second-order valence-electron chi connectivity index (χ2n) is 4.12. The molecule has 1 heterocycles. The molecule has 20 heavy (non-hydrogen) atoms. The van der Waals surface area contributed by atoms with Gasteiger partial charge in [-0.2, -0.15) is 0 Å². The van der Waals surface area contributed by atoms with Crippen molar-refractivity contribution >= 4 is 34.9 Å². The Morgan fingerprint density at radius 3 is 2.35 bits per heavy atom. The van der Waals surface area contributed by atoms with E-state index in [1.54, 1.807) is 12.3 Å². The van der Waals surface area contributed by atoms with Crippen molar-refractivity contribution in [2.75, 3.05) is 12.4 Å². The lowest BCUT2D eigenvalue weighted by atomic mass is 10.1. The van der Waals surface area contributed by atoms with E-state index >= 15 is 0 Å². The summed E-state index contributed by atoms with van der Waals surface area (Å²) in [6, 6.07) is 0. The van der Waals surface area contributed by atoms with Crippen molar-refractivity contribution in [3.8, 4) is 0 Å². The number of rotatable bonds is 4. The summed E-state index contributed by atoms with van der Waals surface area (Å²) in [6.07, 6.45) is 0. The van der Waals surface area contributed by atoms with Crippen molar-refractivity contribution in [3.05, 3.63) is 27.0 Å². The van der Waals surface area contributed by atoms with Crippen LogP contribution >= 0.6 is 11.3 Å². The molecule has 0 unspecified atom stereocenters. The fraction of sp³-hybridized carbons (Fsp3) is 0.308. The molecule has 0 saturated heterocycles. The van der Waals surface area contributed by atoms with Gasteiger partial charge < -0.3 is 15.2 Å². The van der Waals surface area contributed by atoms with Crippen LogP contribution in [0.4, 0.5) is 5.69 Å². The van der Waals surface area contributed by atoms with Gasteiger partial charge in [-0.25, -0.2) is 9.59 Å². The molecule has 1 aromatic rings. The summed E-state index contributed by atoms with van der Waals surface area (Å²) in [5, 5.41) is 13.1. The molecule has 7 heteroatoms. The van der Waals surface area contributed by atoms with Gasteiger partial charge in [0.1, 0.15) is 4.88 Å². The Bertz CT molecular complexity index is 600. The maximum atomic E-state index is 12.0. The number of carboxylic acids is 1. The first kappa shape index (κ1) is 15.9. The van der Waals surface area contributed by atoms with Crippen LogP contribution in [0.5, 0.6) is 0 Å². The smallest absolute Gasteiger partial charge is 0.350 e. The van der Waals surface area contributed by atoms with Crippen LogP contribution in [0.3, 0.4) is 0 Å². The minimum Gasteiger partial charge on any atom is -0.478 e. The molecule has 0 aliphatic carbocycles. The molecule has 0 fully saturated rings. The lowest BCUT2D eigenvalue weighted by Crippen LogP contribution is -2.18. The van der Waals surface area contributed by atoms with E-state index in [1.165, 1.54) is 21.0 Å². The molecule has 6 nitrogen and oxygen atoms in total. The molecule has 0 aromatic carbocycles. The second-order valence-corrected chi connectivity index (χ2v) is 5.00. The van der Waals surface area contributed by atoms with E-state index in [9.17, 15) is 14.4 Å². The number of aliphatic carboxylic acids is 1. The third-order valence-corrected chi connectivity index (χ3v) is 3.89. The lowest BCUT2D eigenvalue weighted by molar-refractivity contribution is -0.133. The molecule has 1 rings (SSSR count). The van der Waals surface area contributed by atoms with Crippen LogP contribution in [0.15, 0.2) is 16.5 Å². The first-order chi connectivity index (χ1) is 9.29. The summed E-state index contributed by atoms with van der Waals surface area (Å²) in [4.78, 5) is 34.7. The van der Waals surface area contributed by atoms with Crippen LogP contribution in [0.2, 0.25) is 0 Å². The molecule has 2 N–H and O–H groups in total. The van der Waals surface area contributed by atoms with E-state index in [4.69, 9.17) is 5.11 Å². The Balaban J connectivity index is 3.09. The van der Waals surface area contributed by atoms with Crippen molar-refractivity contribution in [1.29, 1.82) is 0 Å². The average molecular weight is 297 g/mol. The van der Waals surface area contributed by atoms with E-state index in [0.717, 1.165) is 11.3 Å². The quantitative estimate of drug-likeness (QED) is 0.656. The maximum absolute atomic E-state index is 12.0. The minimum atomic E-state index is -1.16. The van der Waals surface area contributed by atoms with Gasteiger partial charge in [-0.3, -0.25) is 4.79 Å². The minimum absolute atomic E-state index is 0.0463.